The van der Waals surface area contributed by atoms with Crippen LogP contribution in [0, 0.1) is 5.82 Å². The van der Waals surface area contributed by atoms with Gasteiger partial charge in [-0.2, -0.15) is 0 Å². The second-order valence-electron chi connectivity index (χ2n) is 4.44. The summed E-state index contributed by atoms with van der Waals surface area (Å²) in [6.45, 7) is 1.72. The highest BCUT2D eigenvalue weighted by Gasteiger charge is 2.11. The highest BCUT2D eigenvalue weighted by molar-refractivity contribution is 9.10. The van der Waals surface area contributed by atoms with Crippen LogP contribution in [0.4, 0.5) is 4.39 Å². The fourth-order valence-corrected chi connectivity index (χ4v) is 2.20. The van der Waals surface area contributed by atoms with Gasteiger partial charge in [-0.1, -0.05) is 6.07 Å². The van der Waals surface area contributed by atoms with Crippen LogP contribution in [0.2, 0.25) is 0 Å². The van der Waals surface area contributed by atoms with Crippen LogP contribution >= 0.6 is 15.9 Å². The number of benzene rings is 1. The zero-order chi connectivity index (χ0) is 15.2. The average Bonchev–Trinajstić information content (AvgIpc) is 2.47. The van der Waals surface area contributed by atoms with Gasteiger partial charge in [0.2, 0.25) is 0 Å². The van der Waals surface area contributed by atoms with Crippen molar-refractivity contribution >= 4 is 21.8 Å². The Labute approximate surface area is 130 Å². The molecule has 1 aromatic heterocycles. The van der Waals surface area contributed by atoms with Gasteiger partial charge in [0.25, 0.3) is 5.91 Å². The second kappa shape index (κ2) is 7.17. The molecule has 1 N–H and O–H groups in total. The summed E-state index contributed by atoms with van der Waals surface area (Å²) in [5.41, 5.74) is 0.911. The van der Waals surface area contributed by atoms with Gasteiger partial charge in [-0.05, 0) is 52.7 Å². The van der Waals surface area contributed by atoms with Crippen molar-refractivity contribution in [1.29, 1.82) is 0 Å². The van der Waals surface area contributed by atoms with Gasteiger partial charge in [0.05, 0.1) is 10.5 Å². The molecule has 0 saturated heterocycles. The molecule has 0 saturated carbocycles. The quantitative estimate of drug-likeness (QED) is 0.898. The Kier molecular flexibility index (Phi) is 5.27. The molecular weight excluding hydrogens is 339 g/mol. The van der Waals surface area contributed by atoms with Crippen molar-refractivity contribution in [2.45, 2.75) is 13.0 Å². The van der Waals surface area contributed by atoms with E-state index in [1.54, 1.807) is 12.4 Å². The maximum absolute atomic E-state index is 12.9. The van der Waals surface area contributed by atoms with Gasteiger partial charge in [0.15, 0.2) is 6.61 Å². The molecule has 2 aromatic rings. The molecule has 1 heterocycles. The molecular formula is C15H14BrFN2O2. The summed E-state index contributed by atoms with van der Waals surface area (Å²) in [7, 11) is 0. The molecule has 0 radical (unpaired) electrons. The first-order chi connectivity index (χ1) is 10.1. The van der Waals surface area contributed by atoms with Crippen molar-refractivity contribution in [3.8, 4) is 5.75 Å². The lowest BCUT2D eigenvalue weighted by Gasteiger charge is -2.14. The van der Waals surface area contributed by atoms with Crippen LogP contribution in [-0.2, 0) is 4.79 Å². The summed E-state index contributed by atoms with van der Waals surface area (Å²) in [5.74, 6) is -0.216. The van der Waals surface area contributed by atoms with Gasteiger partial charge in [-0.3, -0.25) is 9.78 Å². The first kappa shape index (κ1) is 15.4. The molecule has 0 aliphatic rings. The molecule has 1 aromatic carbocycles. The monoisotopic (exact) mass is 352 g/mol. The van der Waals surface area contributed by atoms with E-state index in [1.807, 2.05) is 19.1 Å². The zero-order valence-electron chi connectivity index (χ0n) is 11.3. The molecule has 0 fully saturated rings. The van der Waals surface area contributed by atoms with Gasteiger partial charge in [-0.15, -0.1) is 0 Å². The minimum atomic E-state index is -0.371. The molecule has 0 aliphatic heterocycles. The first-order valence-electron chi connectivity index (χ1n) is 6.33. The van der Waals surface area contributed by atoms with Crippen molar-refractivity contribution in [2.24, 2.45) is 0 Å². The molecule has 1 unspecified atom stereocenters. The first-order valence-corrected chi connectivity index (χ1v) is 7.12. The molecule has 2 rings (SSSR count). The topological polar surface area (TPSA) is 51.2 Å². The van der Waals surface area contributed by atoms with Gasteiger partial charge < -0.3 is 10.1 Å². The van der Waals surface area contributed by atoms with Crippen molar-refractivity contribution in [1.82, 2.24) is 10.3 Å². The van der Waals surface area contributed by atoms with E-state index in [9.17, 15) is 9.18 Å². The molecule has 4 nitrogen and oxygen atoms in total. The standard InChI is InChI=1S/C15H14BrFN2O2/c1-10(11-3-2-6-18-8-11)19-15(20)9-21-14-5-4-12(17)7-13(14)16/h2-8,10H,9H2,1H3,(H,19,20). The number of hydrogen-bond donors (Lipinski definition) is 1. The Hall–Kier alpha value is -1.95. The maximum Gasteiger partial charge on any atom is 0.258 e. The van der Waals surface area contributed by atoms with E-state index in [1.165, 1.54) is 18.2 Å². The minimum absolute atomic E-state index is 0.144. The number of carbonyl (C=O) groups excluding carboxylic acids is 1. The lowest BCUT2D eigenvalue weighted by Crippen LogP contribution is -2.31. The number of ether oxygens (including phenoxy) is 1. The van der Waals surface area contributed by atoms with Crippen molar-refractivity contribution in [2.75, 3.05) is 6.61 Å². The number of pyridine rings is 1. The highest BCUT2D eigenvalue weighted by atomic mass is 79.9. The van der Waals surface area contributed by atoms with Crippen LogP contribution in [0.1, 0.15) is 18.5 Å². The second-order valence-corrected chi connectivity index (χ2v) is 5.29. The average molecular weight is 353 g/mol. The van der Waals surface area contributed by atoms with E-state index >= 15 is 0 Å². The number of rotatable bonds is 5. The molecule has 21 heavy (non-hydrogen) atoms. The van der Waals surface area contributed by atoms with Crippen LogP contribution in [0.5, 0.6) is 5.75 Å². The molecule has 110 valence electrons. The van der Waals surface area contributed by atoms with E-state index < -0.39 is 0 Å². The van der Waals surface area contributed by atoms with Crippen LogP contribution < -0.4 is 10.1 Å². The highest BCUT2D eigenvalue weighted by Crippen LogP contribution is 2.25. The predicted octanol–water partition coefficient (Wildman–Crippen LogP) is 3.24. The molecule has 1 amide bonds. The predicted molar refractivity (Wildman–Crippen MR) is 80.4 cm³/mol. The number of nitrogens with one attached hydrogen (secondary N) is 1. The van der Waals surface area contributed by atoms with E-state index in [0.717, 1.165) is 5.56 Å². The van der Waals surface area contributed by atoms with Gasteiger partial charge in [-0.25, -0.2) is 4.39 Å². The Morgan fingerprint density at radius 1 is 1.48 bits per heavy atom. The summed E-state index contributed by atoms with van der Waals surface area (Å²) in [6, 6.07) is 7.56. The van der Waals surface area contributed by atoms with Gasteiger partial charge >= 0.3 is 0 Å². The SMILES string of the molecule is CC(NC(=O)COc1ccc(F)cc1Br)c1cccnc1. The summed E-state index contributed by atoms with van der Waals surface area (Å²) in [4.78, 5) is 15.8. The Bertz CT molecular complexity index is 622. The van der Waals surface area contributed by atoms with Crippen LogP contribution in [0.3, 0.4) is 0 Å². The number of amides is 1. The van der Waals surface area contributed by atoms with E-state index in [-0.39, 0.29) is 24.4 Å². The summed E-state index contributed by atoms with van der Waals surface area (Å²) >= 11 is 3.18. The third kappa shape index (κ3) is 4.53. The molecule has 0 bridgehead atoms. The summed E-state index contributed by atoms with van der Waals surface area (Å²) in [5, 5.41) is 2.80. The van der Waals surface area contributed by atoms with Crippen LogP contribution in [0.25, 0.3) is 0 Å². The molecule has 6 heteroatoms. The smallest absolute Gasteiger partial charge is 0.258 e. The number of nitrogens with zero attached hydrogens (tertiary/aromatic N) is 1. The normalized spacial score (nSPS) is 11.8. The van der Waals surface area contributed by atoms with Crippen molar-refractivity contribution in [3.05, 3.63) is 58.6 Å². The fourth-order valence-electron chi connectivity index (χ4n) is 1.73. The number of aromatic nitrogens is 1. The Morgan fingerprint density at radius 3 is 2.95 bits per heavy atom. The lowest BCUT2D eigenvalue weighted by molar-refractivity contribution is -0.123. The van der Waals surface area contributed by atoms with Crippen molar-refractivity contribution in [3.63, 3.8) is 0 Å². The maximum atomic E-state index is 12.9. The van der Waals surface area contributed by atoms with Gasteiger partial charge in [0.1, 0.15) is 11.6 Å². The summed E-state index contributed by atoms with van der Waals surface area (Å²) in [6.07, 6.45) is 3.37. The van der Waals surface area contributed by atoms with Gasteiger partial charge in [0, 0.05) is 12.4 Å². The fraction of sp³-hybridized carbons (Fsp3) is 0.200. The molecule has 0 aliphatic carbocycles. The number of carbonyl (C=O) groups is 1. The van der Waals surface area contributed by atoms with E-state index in [0.29, 0.717) is 10.2 Å². The van der Waals surface area contributed by atoms with Crippen LogP contribution in [0.15, 0.2) is 47.2 Å². The minimum Gasteiger partial charge on any atom is -0.483 e. The third-order valence-electron chi connectivity index (χ3n) is 2.81. The number of halogens is 2. The van der Waals surface area contributed by atoms with Crippen LogP contribution in [-0.4, -0.2) is 17.5 Å². The van der Waals surface area contributed by atoms with E-state index in [2.05, 4.69) is 26.2 Å². The molecule has 0 spiro atoms. The lowest BCUT2D eigenvalue weighted by atomic mass is 10.1. The van der Waals surface area contributed by atoms with E-state index in [4.69, 9.17) is 4.74 Å². The summed E-state index contributed by atoms with van der Waals surface area (Å²) < 4.78 is 18.8. The molecule has 1 atom stereocenters. The van der Waals surface area contributed by atoms with Crippen molar-refractivity contribution < 1.29 is 13.9 Å². The Balaban J connectivity index is 1.87. The third-order valence-corrected chi connectivity index (χ3v) is 3.43. The Morgan fingerprint density at radius 2 is 2.29 bits per heavy atom. The zero-order valence-corrected chi connectivity index (χ0v) is 12.9. The number of hydrogen-bond acceptors (Lipinski definition) is 3. The largest absolute Gasteiger partial charge is 0.483 e.